The van der Waals surface area contributed by atoms with Crippen LogP contribution in [0.2, 0.25) is 0 Å². The van der Waals surface area contributed by atoms with Crippen LogP contribution in [-0.2, 0) is 11.2 Å². The number of para-hydroxylation sites is 1. The number of benzene rings is 2. The van der Waals surface area contributed by atoms with Gasteiger partial charge in [0.1, 0.15) is 0 Å². The molecule has 0 bridgehead atoms. The Morgan fingerprint density at radius 3 is 2.32 bits per heavy atom. The summed E-state index contributed by atoms with van der Waals surface area (Å²) in [6.07, 6.45) is 2.99. The first-order chi connectivity index (χ1) is 17.7. The first-order valence-corrected chi connectivity index (χ1v) is 13.4. The number of hydrogen-bond donors (Lipinski definition) is 3. The SMILES string of the molecule is CC(C)CCNC(=O)[C@H](CC(C)C)C[C@H](O)[C@H](Cc1ccccc1)NC(=O)c1cnc2ccccc2c1. The molecule has 3 atom stereocenters. The van der Waals surface area contributed by atoms with Gasteiger partial charge in [0.25, 0.3) is 5.91 Å². The van der Waals surface area contributed by atoms with Gasteiger partial charge in [-0.3, -0.25) is 14.6 Å². The fourth-order valence-electron chi connectivity index (χ4n) is 4.56. The smallest absolute Gasteiger partial charge is 0.253 e. The molecule has 3 N–H and O–H groups in total. The number of nitrogens with zero attached hydrogens (tertiary/aromatic N) is 1. The molecule has 37 heavy (non-hydrogen) atoms. The molecule has 198 valence electrons. The average Bonchev–Trinajstić information content (AvgIpc) is 2.87. The molecule has 0 spiro atoms. The Bertz CT molecular complexity index is 1150. The van der Waals surface area contributed by atoms with Crippen molar-refractivity contribution in [3.05, 3.63) is 78.0 Å². The van der Waals surface area contributed by atoms with E-state index in [-0.39, 0.29) is 24.2 Å². The van der Waals surface area contributed by atoms with E-state index in [1.54, 1.807) is 6.20 Å². The largest absolute Gasteiger partial charge is 0.391 e. The molecular formula is C31H41N3O3. The van der Waals surface area contributed by atoms with Crippen molar-refractivity contribution >= 4 is 22.7 Å². The Morgan fingerprint density at radius 2 is 1.62 bits per heavy atom. The van der Waals surface area contributed by atoms with Crippen molar-refractivity contribution in [2.45, 2.75) is 65.5 Å². The number of nitrogens with one attached hydrogen (secondary N) is 2. The molecule has 3 aromatic rings. The summed E-state index contributed by atoms with van der Waals surface area (Å²) >= 11 is 0. The van der Waals surface area contributed by atoms with Crippen molar-refractivity contribution in [1.29, 1.82) is 0 Å². The summed E-state index contributed by atoms with van der Waals surface area (Å²) in [5, 5.41) is 18.3. The number of amides is 2. The van der Waals surface area contributed by atoms with Gasteiger partial charge in [0.15, 0.2) is 0 Å². The summed E-state index contributed by atoms with van der Waals surface area (Å²) in [4.78, 5) is 30.7. The van der Waals surface area contributed by atoms with E-state index in [4.69, 9.17) is 0 Å². The molecule has 0 aliphatic carbocycles. The van der Waals surface area contributed by atoms with Gasteiger partial charge in [0, 0.05) is 24.0 Å². The maximum atomic E-state index is 13.3. The van der Waals surface area contributed by atoms with E-state index in [9.17, 15) is 14.7 Å². The quantitative estimate of drug-likeness (QED) is 0.301. The van der Waals surface area contributed by atoms with E-state index in [1.807, 2.05) is 60.7 Å². The lowest BCUT2D eigenvalue weighted by molar-refractivity contribution is -0.126. The van der Waals surface area contributed by atoms with Crippen LogP contribution in [0.15, 0.2) is 66.9 Å². The number of rotatable bonds is 13. The fourth-order valence-corrected chi connectivity index (χ4v) is 4.56. The number of aliphatic hydroxyl groups excluding tert-OH is 1. The highest BCUT2D eigenvalue weighted by Crippen LogP contribution is 2.21. The highest BCUT2D eigenvalue weighted by atomic mass is 16.3. The van der Waals surface area contributed by atoms with Crippen LogP contribution in [0.25, 0.3) is 10.9 Å². The predicted molar refractivity (Wildman–Crippen MR) is 149 cm³/mol. The maximum Gasteiger partial charge on any atom is 0.253 e. The van der Waals surface area contributed by atoms with Crippen LogP contribution in [-0.4, -0.2) is 40.6 Å². The zero-order chi connectivity index (χ0) is 26.8. The third-order valence-corrected chi connectivity index (χ3v) is 6.61. The van der Waals surface area contributed by atoms with Crippen molar-refractivity contribution < 1.29 is 14.7 Å². The van der Waals surface area contributed by atoms with Gasteiger partial charge in [-0.05, 0) is 55.2 Å². The molecule has 2 aromatic carbocycles. The van der Waals surface area contributed by atoms with Crippen LogP contribution >= 0.6 is 0 Å². The molecule has 6 heteroatoms. The van der Waals surface area contributed by atoms with Gasteiger partial charge in [0.05, 0.1) is 23.2 Å². The number of aliphatic hydroxyl groups is 1. The highest BCUT2D eigenvalue weighted by molar-refractivity contribution is 5.97. The molecule has 0 fully saturated rings. The standard InChI is InChI=1S/C31H41N3O3/c1-21(2)14-15-32-30(36)25(16-22(3)4)19-29(35)28(17-23-10-6-5-7-11-23)34-31(37)26-18-24-12-8-9-13-27(24)33-20-26/h5-13,18,20-22,25,28-29,35H,14-17,19H2,1-4H3,(H,32,36)(H,34,37)/t25-,28+,29+/m1/s1. The molecule has 3 rings (SSSR count). The van der Waals surface area contributed by atoms with Crippen LogP contribution in [0.1, 0.15) is 62.9 Å². The third-order valence-electron chi connectivity index (χ3n) is 6.61. The van der Waals surface area contributed by atoms with E-state index in [0.29, 0.717) is 36.8 Å². The number of hydrogen-bond acceptors (Lipinski definition) is 4. The van der Waals surface area contributed by atoms with Gasteiger partial charge in [0.2, 0.25) is 5.91 Å². The van der Waals surface area contributed by atoms with E-state index in [1.165, 1.54) is 0 Å². The summed E-state index contributed by atoms with van der Waals surface area (Å²) in [5.74, 6) is 0.153. The molecule has 6 nitrogen and oxygen atoms in total. The van der Waals surface area contributed by atoms with Crippen molar-refractivity contribution in [3.63, 3.8) is 0 Å². The Balaban J connectivity index is 1.77. The number of carbonyl (C=O) groups excluding carboxylic acids is 2. The summed E-state index contributed by atoms with van der Waals surface area (Å²) in [5.41, 5.74) is 2.26. The van der Waals surface area contributed by atoms with Gasteiger partial charge in [-0.25, -0.2) is 0 Å². The van der Waals surface area contributed by atoms with Crippen LogP contribution in [0.5, 0.6) is 0 Å². The van der Waals surface area contributed by atoms with E-state index >= 15 is 0 Å². The van der Waals surface area contributed by atoms with Gasteiger partial charge < -0.3 is 15.7 Å². The lowest BCUT2D eigenvalue weighted by atomic mass is 9.87. The summed E-state index contributed by atoms with van der Waals surface area (Å²) in [6.45, 7) is 9.04. The van der Waals surface area contributed by atoms with Crippen LogP contribution in [0, 0.1) is 17.8 Å². The topological polar surface area (TPSA) is 91.3 Å². The predicted octanol–water partition coefficient (Wildman–Crippen LogP) is 5.15. The van der Waals surface area contributed by atoms with Crippen molar-refractivity contribution in [1.82, 2.24) is 15.6 Å². The zero-order valence-electron chi connectivity index (χ0n) is 22.5. The summed E-state index contributed by atoms with van der Waals surface area (Å²) < 4.78 is 0. The lowest BCUT2D eigenvalue weighted by Gasteiger charge is -2.28. The Hall–Kier alpha value is -3.25. The van der Waals surface area contributed by atoms with Crippen molar-refractivity contribution in [3.8, 4) is 0 Å². The van der Waals surface area contributed by atoms with E-state index in [2.05, 4.69) is 43.3 Å². The van der Waals surface area contributed by atoms with Gasteiger partial charge in [-0.15, -0.1) is 0 Å². The van der Waals surface area contributed by atoms with Crippen LogP contribution in [0.3, 0.4) is 0 Å². The first kappa shape index (κ1) is 28.3. The van der Waals surface area contributed by atoms with E-state index in [0.717, 1.165) is 22.9 Å². The average molecular weight is 504 g/mol. The fraction of sp³-hybridized carbons (Fsp3) is 0.452. The van der Waals surface area contributed by atoms with Crippen LogP contribution < -0.4 is 10.6 Å². The molecule has 0 saturated carbocycles. The summed E-state index contributed by atoms with van der Waals surface area (Å²) in [7, 11) is 0. The minimum Gasteiger partial charge on any atom is -0.391 e. The number of fused-ring (bicyclic) bond motifs is 1. The molecule has 1 aromatic heterocycles. The molecule has 0 radical (unpaired) electrons. The Morgan fingerprint density at radius 1 is 0.919 bits per heavy atom. The first-order valence-electron chi connectivity index (χ1n) is 13.4. The number of carbonyl (C=O) groups is 2. The minimum atomic E-state index is -0.892. The number of pyridine rings is 1. The molecule has 0 unspecified atom stereocenters. The van der Waals surface area contributed by atoms with Crippen LogP contribution in [0.4, 0.5) is 0 Å². The Labute approximate surface area is 220 Å². The molecule has 1 heterocycles. The highest BCUT2D eigenvalue weighted by Gasteiger charge is 2.29. The molecule has 0 aliphatic rings. The minimum absolute atomic E-state index is 0.0306. The second-order valence-electron chi connectivity index (χ2n) is 10.8. The normalized spacial score (nSPS) is 13.9. The number of aromatic nitrogens is 1. The van der Waals surface area contributed by atoms with Crippen molar-refractivity contribution in [2.24, 2.45) is 17.8 Å². The molecule has 0 aliphatic heterocycles. The second-order valence-corrected chi connectivity index (χ2v) is 10.8. The molecule has 0 saturated heterocycles. The summed E-state index contributed by atoms with van der Waals surface area (Å²) in [6, 6.07) is 18.7. The third kappa shape index (κ3) is 8.97. The van der Waals surface area contributed by atoms with Crippen molar-refractivity contribution in [2.75, 3.05) is 6.54 Å². The van der Waals surface area contributed by atoms with Gasteiger partial charge in [-0.2, -0.15) is 0 Å². The monoisotopic (exact) mass is 503 g/mol. The van der Waals surface area contributed by atoms with Gasteiger partial charge >= 0.3 is 0 Å². The second kappa shape index (κ2) is 13.9. The van der Waals surface area contributed by atoms with Gasteiger partial charge in [-0.1, -0.05) is 76.2 Å². The van der Waals surface area contributed by atoms with E-state index < -0.39 is 12.1 Å². The lowest BCUT2D eigenvalue weighted by Crippen LogP contribution is -2.47. The Kier molecular flexibility index (Phi) is 10.6. The molecular weight excluding hydrogens is 462 g/mol. The maximum absolute atomic E-state index is 13.3. The zero-order valence-corrected chi connectivity index (χ0v) is 22.5. The molecule has 2 amide bonds.